The predicted molar refractivity (Wildman–Crippen MR) is 159 cm³/mol. The molecular weight excluding hydrogens is 549 g/mol. The zero-order valence-corrected chi connectivity index (χ0v) is 24.3. The van der Waals surface area contributed by atoms with Crippen LogP contribution in [-0.4, -0.2) is 52.7 Å². The molecule has 8 nitrogen and oxygen atoms in total. The van der Waals surface area contributed by atoms with Gasteiger partial charge in [0.1, 0.15) is 23.1 Å². The maximum atomic E-state index is 14.0. The summed E-state index contributed by atoms with van der Waals surface area (Å²) < 4.78 is 24.8. The Bertz CT molecular complexity index is 1610. The fourth-order valence-electron chi connectivity index (χ4n) is 5.28. The molecule has 0 atom stereocenters. The molecule has 1 amide bonds. The number of carbonyl (C=O) groups is 3. The number of aryl methyl sites for hydroxylation is 1. The van der Waals surface area contributed by atoms with E-state index >= 15 is 0 Å². The van der Waals surface area contributed by atoms with Crippen LogP contribution in [0.2, 0.25) is 0 Å². The molecule has 1 fully saturated rings. The highest BCUT2D eigenvalue weighted by Crippen LogP contribution is 2.27. The first-order valence-electron chi connectivity index (χ1n) is 14.3. The molecule has 0 aliphatic carbocycles. The van der Waals surface area contributed by atoms with Crippen molar-refractivity contribution in [2.75, 3.05) is 20.2 Å². The Labute approximate surface area is 249 Å². The van der Waals surface area contributed by atoms with E-state index in [9.17, 15) is 18.8 Å². The third kappa shape index (κ3) is 7.74. The van der Waals surface area contributed by atoms with Gasteiger partial charge in [-0.3, -0.25) is 19.4 Å². The van der Waals surface area contributed by atoms with Crippen LogP contribution in [0.5, 0.6) is 11.5 Å². The normalized spacial score (nSPS) is 13.5. The second-order valence-electron chi connectivity index (χ2n) is 10.9. The van der Waals surface area contributed by atoms with E-state index < -0.39 is 0 Å². The van der Waals surface area contributed by atoms with Crippen LogP contribution in [0, 0.1) is 18.7 Å². The average Bonchev–Trinajstić information content (AvgIpc) is 3.51. The summed E-state index contributed by atoms with van der Waals surface area (Å²) >= 11 is 0. The molecule has 0 radical (unpaired) electrons. The van der Waals surface area contributed by atoms with Gasteiger partial charge in [-0.2, -0.15) is 0 Å². The van der Waals surface area contributed by atoms with Crippen molar-refractivity contribution in [1.29, 1.82) is 0 Å². The summed E-state index contributed by atoms with van der Waals surface area (Å²) in [6, 6.07) is 17.3. The lowest BCUT2D eigenvalue weighted by Gasteiger charge is -2.31. The lowest BCUT2D eigenvalue weighted by Crippen LogP contribution is -2.38. The second-order valence-corrected chi connectivity index (χ2v) is 10.9. The van der Waals surface area contributed by atoms with Crippen LogP contribution < -0.4 is 4.74 Å². The maximum Gasteiger partial charge on any atom is 0.305 e. The summed E-state index contributed by atoms with van der Waals surface area (Å²) in [6.07, 6.45) is 5.49. The number of esters is 1. The van der Waals surface area contributed by atoms with E-state index in [0.717, 1.165) is 24.0 Å². The van der Waals surface area contributed by atoms with Crippen LogP contribution >= 0.6 is 0 Å². The molecule has 1 aliphatic rings. The van der Waals surface area contributed by atoms with Gasteiger partial charge in [0.2, 0.25) is 0 Å². The first kappa shape index (κ1) is 29.7. The quantitative estimate of drug-likeness (QED) is 0.227. The minimum absolute atomic E-state index is 0.0488. The van der Waals surface area contributed by atoms with Gasteiger partial charge in [0.25, 0.3) is 5.91 Å². The number of aromatic nitrogens is 2. The van der Waals surface area contributed by atoms with Gasteiger partial charge >= 0.3 is 5.97 Å². The fraction of sp³-hybridized carbons (Fsp3) is 0.294. The Morgan fingerprint density at radius 3 is 2.49 bits per heavy atom. The molecule has 43 heavy (non-hydrogen) atoms. The minimum Gasteiger partial charge on any atom is -0.469 e. The molecule has 0 saturated carbocycles. The topological polar surface area (TPSA) is 102 Å². The number of H-pyrrole nitrogens is 1. The Balaban J connectivity index is 1.16. The number of Topliss-reactive ketones (excluding diaryl/α,β-unsaturated/α-hetero) is 1. The number of carbonyl (C=O) groups excluding carboxylic acids is 3. The number of hydrogen-bond acceptors (Lipinski definition) is 6. The number of benzene rings is 2. The van der Waals surface area contributed by atoms with Crippen LogP contribution in [0.1, 0.15) is 46.3 Å². The SMILES string of the molecule is COC(=O)CC1CCN(C(=O)c2c[nH]c(-c3cc(Oc4ccc(CC(=O)Cc5cc(C)ccc5F)cc4)ccn3)c2)CC1. The monoisotopic (exact) mass is 583 g/mol. The number of pyridine rings is 1. The molecule has 1 aliphatic heterocycles. The number of aromatic amines is 1. The van der Waals surface area contributed by atoms with E-state index in [2.05, 4.69) is 9.97 Å². The van der Waals surface area contributed by atoms with E-state index in [1.54, 1.807) is 54.9 Å². The van der Waals surface area contributed by atoms with Crippen molar-refractivity contribution in [2.45, 2.75) is 39.0 Å². The summed E-state index contributed by atoms with van der Waals surface area (Å²) in [7, 11) is 1.39. The largest absolute Gasteiger partial charge is 0.469 e. The van der Waals surface area contributed by atoms with Crippen molar-refractivity contribution in [1.82, 2.24) is 14.9 Å². The number of methoxy groups -OCH3 is 1. The molecule has 0 bridgehead atoms. The van der Waals surface area contributed by atoms with Gasteiger partial charge in [0, 0.05) is 50.8 Å². The Morgan fingerprint density at radius 1 is 0.977 bits per heavy atom. The lowest BCUT2D eigenvalue weighted by molar-refractivity contribution is -0.142. The maximum absolute atomic E-state index is 14.0. The number of piperidine rings is 1. The number of nitrogens with zero attached hydrogens (tertiary/aromatic N) is 2. The van der Waals surface area contributed by atoms with Crippen LogP contribution in [0.3, 0.4) is 0 Å². The highest BCUT2D eigenvalue weighted by atomic mass is 19.1. The number of halogens is 1. The third-order valence-corrected chi connectivity index (χ3v) is 7.67. The molecule has 5 rings (SSSR count). The lowest BCUT2D eigenvalue weighted by atomic mass is 9.93. The molecule has 3 heterocycles. The van der Waals surface area contributed by atoms with Crippen molar-refractivity contribution in [3.63, 3.8) is 0 Å². The second kappa shape index (κ2) is 13.5. The highest BCUT2D eigenvalue weighted by molar-refractivity contribution is 5.95. The average molecular weight is 584 g/mol. The number of ether oxygens (including phenoxy) is 2. The molecule has 0 spiro atoms. The summed E-state index contributed by atoms with van der Waals surface area (Å²) in [5.41, 5.74) is 4.00. The fourth-order valence-corrected chi connectivity index (χ4v) is 5.28. The van der Waals surface area contributed by atoms with Crippen molar-refractivity contribution >= 4 is 17.7 Å². The molecule has 2 aromatic carbocycles. The summed E-state index contributed by atoms with van der Waals surface area (Å²) in [4.78, 5) is 46.6. The first-order chi connectivity index (χ1) is 20.8. The summed E-state index contributed by atoms with van der Waals surface area (Å²) in [6.45, 7) is 3.07. The van der Waals surface area contributed by atoms with Crippen LogP contribution in [0.4, 0.5) is 4.39 Å². The number of hydrogen-bond donors (Lipinski definition) is 1. The summed E-state index contributed by atoms with van der Waals surface area (Å²) in [5, 5.41) is 0. The van der Waals surface area contributed by atoms with Crippen LogP contribution in [0.15, 0.2) is 73.1 Å². The van der Waals surface area contributed by atoms with E-state index in [4.69, 9.17) is 9.47 Å². The molecule has 9 heteroatoms. The number of ketones is 1. The van der Waals surface area contributed by atoms with Crippen molar-refractivity contribution in [3.8, 4) is 22.9 Å². The van der Waals surface area contributed by atoms with Gasteiger partial charge in [0.15, 0.2) is 0 Å². The van der Waals surface area contributed by atoms with Gasteiger partial charge in [0.05, 0.1) is 24.1 Å². The Hall–Kier alpha value is -4.79. The molecule has 2 aromatic heterocycles. The smallest absolute Gasteiger partial charge is 0.305 e. The van der Waals surface area contributed by atoms with E-state index in [1.807, 2.05) is 24.0 Å². The molecule has 222 valence electrons. The number of rotatable bonds is 10. The van der Waals surface area contributed by atoms with Crippen molar-refractivity contribution in [2.24, 2.45) is 5.92 Å². The first-order valence-corrected chi connectivity index (χ1v) is 14.3. The molecule has 1 saturated heterocycles. The Morgan fingerprint density at radius 2 is 1.74 bits per heavy atom. The van der Waals surface area contributed by atoms with Gasteiger partial charge in [-0.05, 0) is 67.1 Å². The highest BCUT2D eigenvalue weighted by Gasteiger charge is 2.26. The van der Waals surface area contributed by atoms with Crippen LogP contribution in [-0.2, 0) is 27.2 Å². The van der Waals surface area contributed by atoms with Crippen molar-refractivity contribution in [3.05, 3.63) is 101 Å². The predicted octanol–water partition coefficient (Wildman–Crippen LogP) is 6.09. The van der Waals surface area contributed by atoms with E-state index in [0.29, 0.717) is 53.5 Å². The molecule has 4 aromatic rings. The van der Waals surface area contributed by atoms with Gasteiger partial charge in [-0.1, -0.05) is 29.8 Å². The van der Waals surface area contributed by atoms with Gasteiger partial charge < -0.3 is 19.4 Å². The standard InChI is InChI=1S/C34H34FN3O5/c1-22-3-8-30(35)25(15-22)18-27(39)16-23-4-6-28(7-5-23)43-29-9-12-36-32(20-29)31-19-26(21-37-31)34(41)38-13-10-24(11-14-38)17-33(40)42-2/h3-9,12,15,19-21,24,37H,10-11,13-14,16-18H2,1-2H3. The van der Waals surface area contributed by atoms with Gasteiger partial charge in [-0.15, -0.1) is 0 Å². The summed E-state index contributed by atoms with van der Waals surface area (Å²) in [5.74, 6) is 0.692. The van der Waals surface area contributed by atoms with Crippen LogP contribution in [0.25, 0.3) is 11.4 Å². The van der Waals surface area contributed by atoms with E-state index in [1.165, 1.54) is 13.2 Å². The molecule has 1 N–H and O–H groups in total. The van der Waals surface area contributed by atoms with Crippen molar-refractivity contribution < 1.29 is 28.2 Å². The molecular formula is C34H34FN3O5. The molecule has 0 unspecified atom stereocenters. The van der Waals surface area contributed by atoms with Gasteiger partial charge in [-0.25, -0.2) is 4.39 Å². The Kier molecular flexibility index (Phi) is 9.29. The number of nitrogens with one attached hydrogen (secondary N) is 1. The minimum atomic E-state index is -0.365. The zero-order chi connectivity index (χ0) is 30.3. The van der Waals surface area contributed by atoms with E-state index in [-0.39, 0.29) is 42.2 Å². The number of amides is 1. The zero-order valence-electron chi connectivity index (χ0n) is 24.3. The third-order valence-electron chi connectivity index (χ3n) is 7.67. The number of likely N-dealkylation sites (tertiary alicyclic amines) is 1.